The van der Waals surface area contributed by atoms with E-state index in [1.54, 1.807) is 7.11 Å². The second-order valence-electron chi connectivity index (χ2n) is 4.05. The molecule has 0 radical (unpaired) electrons. The summed E-state index contributed by atoms with van der Waals surface area (Å²) in [4.78, 5) is 12.0. The number of hydrogen-bond acceptors (Lipinski definition) is 2. The average molecular weight is 192 g/mol. The Hall–Kier alpha value is -0.890. The van der Waals surface area contributed by atoms with Crippen molar-refractivity contribution in [1.29, 1.82) is 0 Å². The van der Waals surface area contributed by atoms with Gasteiger partial charge < -0.3 is 4.74 Å². The Labute approximate surface area is 84.6 Å². The molecule has 2 rings (SSSR count). The third kappa shape index (κ3) is 1.34. The standard InChI is InChI=1S/C12H16O2/c1-14-9-12-8-3-2-5-10(12)6-4-7-11(12)13/h3,5,8H,2,4,6-7,9H2,1H3. The van der Waals surface area contributed by atoms with E-state index in [-0.39, 0.29) is 0 Å². The minimum atomic E-state index is -0.398. The van der Waals surface area contributed by atoms with Gasteiger partial charge >= 0.3 is 0 Å². The third-order valence-electron chi connectivity index (χ3n) is 3.20. The van der Waals surface area contributed by atoms with Gasteiger partial charge in [0, 0.05) is 13.5 Å². The summed E-state index contributed by atoms with van der Waals surface area (Å²) in [6.45, 7) is 0.508. The van der Waals surface area contributed by atoms with Crippen LogP contribution in [0.15, 0.2) is 23.8 Å². The first kappa shape index (κ1) is 9.66. The van der Waals surface area contributed by atoms with Crippen LogP contribution in [0.5, 0.6) is 0 Å². The van der Waals surface area contributed by atoms with Crippen LogP contribution in [0.25, 0.3) is 0 Å². The van der Waals surface area contributed by atoms with Crippen LogP contribution < -0.4 is 0 Å². The summed E-state index contributed by atoms with van der Waals surface area (Å²) in [5.74, 6) is 0.327. The number of fused-ring (bicyclic) bond motifs is 1. The van der Waals surface area contributed by atoms with E-state index in [4.69, 9.17) is 4.74 Å². The molecule has 1 saturated carbocycles. The fourth-order valence-electron chi connectivity index (χ4n) is 2.48. The molecular formula is C12H16O2. The molecule has 0 N–H and O–H groups in total. The summed E-state index contributed by atoms with van der Waals surface area (Å²) in [5, 5.41) is 0. The number of hydrogen-bond donors (Lipinski definition) is 0. The van der Waals surface area contributed by atoms with Gasteiger partial charge in [0.05, 0.1) is 12.0 Å². The van der Waals surface area contributed by atoms with Crippen LogP contribution in [-0.4, -0.2) is 19.5 Å². The predicted octanol–water partition coefficient (Wildman–Crippen LogP) is 2.26. The number of ketones is 1. The lowest BCUT2D eigenvalue weighted by Gasteiger charge is -2.37. The highest BCUT2D eigenvalue weighted by Gasteiger charge is 2.42. The SMILES string of the molecule is COCC12C=CCC=C1CCCC2=O. The molecule has 2 nitrogen and oxygen atoms in total. The Morgan fingerprint density at radius 1 is 1.50 bits per heavy atom. The van der Waals surface area contributed by atoms with Gasteiger partial charge in [-0.1, -0.05) is 23.8 Å². The third-order valence-corrected chi connectivity index (χ3v) is 3.20. The smallest absolute Gasteiger partial charge is 0.149 e. The second kappa shape index (κ2) is 3.70. The van der Waals surface area contributed by atoms with Crippen LogP contribution in [0.4, 0.5) is 0 Å². The molecule has 0 bridgehead atoms. The molecule has 0 aromatic carbocycles. The van der Waals surface area contributed by atoms with Crippen molar-refractivity contribution in [2.75, 3.05) is 13.7 Å². The van der Waals surface area contributed by atoms with E-state index < -0.39 is 5.41 Å². The van der Waals surface area contributed by atoms with Gasteiger partial charge in [-0.3, -0.25) is 4.79 Å². The van der Waals surface area contributed by atoms with Crippen molar-refractivity contribution in [1.82, 2.24) is 0 Å². The van der Waals surface area contributed by atoms with E-state index in [0.29, 0.717) is 18.8 Å². The van der Waals surface area contributed by atoms with E-state index in [2.05, 4.69) is 12.2 Å². The molecule has 76 valence electrons. The first-order valence-electron chi connectivity index (χ1n) is 5.19. The Morgan fingerprint density at radius 2 is 2.36 bits per heavy atom. The van der Waals surface area contributed by atoms with Crippen molar-refractivity contribution in [2.45, 2.75) is 25.7 Å². The maximum absolute atomic E-state index is 12.0. The molecule has 0 heterocycles. The van der Waals surface area contributed by atoms with Crippen molar-refractivity contribution in [2.24, 2.45) is 5.41 Å². The number of carbonyl (C=O) groups is 1. The van der Waals surface area contributed by atoms with Crippen molar-refractivity contribution < 1.29 is 9.53 Å². The summed E-state index contributed by atoms with van der Waals surface area (Å²) in [6.07, 6.45) is 10.0. The first-order valence-corrected chi connectivity index (χ1v) is 5.19. The number of ether oxygens (including phenoxy) is 1. The summed E-state index contributed by atoms with van der Waals surface area (Å²) in [6, 6.07) is 0. The van der Waals surface area contributed by atoms with Gasteiger partial charge in [-0.15, -0.1) is 0 Å². The molecule has 2 aliphatic carbocycles. The fourth-order valence-corrected chi connectivity index (χ4v) is 2.48. The summed E-state index contributed by atoms with van der Waals surface area (Å²) in [7, 11) is 1.66. The molecule has 0 aromatic heterocycles. The summed E-state index contributed by atoms with van der Waals surface area (Å²) in [5.41, 5.74) is 0.878. The lowest BCUT2D eigenvalue weighted by atomic mass is 9.67. The normalized spacial score (nSPS) is 31.2. The molecule has 2 aliphatic rings. The Kier molecular flexibility index (Phi) is 2.55. The Morgan fingerprint density at radius 3 is 3.14 bits per heavy atom. The topological polar surface area (TPSA) is 26.3 Å². The van der Waals surface area contributed by atoms with Gasteiger partial charge in [0.15, 0.2) is 0 Å². The van der Waals surface area contributed by atoms with E-state index in [1.807, 2.05) is 6.08 Å². The van der Waals surface area contributed by atoms with E-state index >= 15 is 0 Å². The monoisotopic (exact) mass is 192 g/mol. The number of allylic oxidation sites excluding steroid dienone is 2. The van der Waals surface area contributed by atoms with Crippen LogP contribution >= 0.6 is 0 Å². The van der Waals surface area contributed by atoms with Gasteiger partial charge in [-0.05, 0) is 19.3 Å². The fraction of sp³-hybridized carbons (Fsp3) is 0.583. The van der Waals surface area contributed by atoms with Gasteiger partial charge in [-0.25, -0.2) is 0 Å². The predicted molar refractivity (Wildman–Crippen MR) is 55.0 cm³/mol. The molecule has 0 amide bonds. The van der Waals surface area contributed by atoms with E-state index in [9.17, 15) is 4.79 Å². The highest BCUT2D eigenvalue weighted by molar-refractivity contribution is 5.91. The molecule has 0 aliphatic heterocycles. The zero-order chi connectivity index (χ0) is 10.0. The number of rotatable bonds is 2. The molecule has 0 spiro atoms. The molecule has 0 aromatic rings. The van der Waals surface area contributed by atoms with Crippen LogP contribution in [0.1, 0.15) is 25.7 Å². The minimum Gasteiger partial charge on any atom is -0.383 e. The molecule has 2 heteroatoms. The summed E-state index contributed by atoms with van der Waals surface area (Å²) >= 11 is 0. The molecule has 1 fully saturated rings. The van der Waals surface area contributed by atoms with Gasteiger partial charge in [0.2, 0.25) is 0 Å². The lowest BCUT2D eigenvalue weighted by Crippen LogP contribution is -2.39. The van der Waals surface area contributed by atoms with Gasteiger partial charge in [0.25, 0.3) is 0 Å². The van der Waals surface area contributed by atoms with Crippen LogP contribution in [0.2, 0.25) is 0 Å². The van der Waals surface area contributed by atoms with Crippen LogP contribution in [0, 0.1) is 5.41 Å². The molecule has 1 unspecified atom stereocenters. The largest absolute Gasteiger partial charge is 0.383 e. The van der Waals surface area contributed by atoms with Crippen molar-refractivity contribution >= 4 is 5.78 Å². The van der Waals surface area contributed by atoms with Gasteiger partial charge in [-0.2, -0.15) is 0 Å². The van der Waals surface area contributed by atoms with Crippen LogP contribution in [0.3, 0.4) is 0 Å². The highest BCUT2D eigenvalue weighted by atomic mass is 16.5. The van der Waals surface area contributed by atoms with Crippen molar-refractivity contribution in [3.8, 4) is 0 Å². The minimum absolute atomic E-state index is 0.327. The number of carbonyl (C=O) groups excluding carboxylic acids is 1. The lowest BCUT2D eigenvalue weighted by molar-refractivity contribution is -0.128. The second-order valence-corrected chi connectivity index (χ2v) is 4.05. The van der Waals surface area contributed by atoms with E-state index in [1.165, 1.54) is 5.57 Å². The molecule has 0 saturated heterocycles. The highest BCUT2D eigenvalue weighted by Crippen LogP contribution is 2.42. The van der Waals surface area contributed by atoms with Crippen molar-refractivity contribution in [3.05, 3.63) is 23.8 Å². The molecule has 1 atom stereocenters. The summed E-state index contributed by atoms with van der Waals surface area (Å²) < 4.78 is 5.20. The zero-order valence-electron chi connectivity index (χ0n) is 8.58. The number of Topliss-reactive ketones (excluding diaryl/α,β-unsaturated/α-hetero) is 1. The quantitative estimate of drug-likeness (QED) is 0.627. The maximum Gasteiger partial charge on any atom is 0.149 e. The molecular weight excluding hydrogens is 176 g/mol. The van der Waals surface area contributed by atoms with Crippen molar-refractivity contribution in [3.63, 3.8) is 0 Å². The van der Waals surface area contributed by atoms with Crippen LogP contribution in [-0.2, 0) is 9.53 Å². The van der Waals surface area contributed by atoms with E-state index in [0.717, 1.165) is 19.3 Å². The zero-order valence-corrected chi connectivity index (χ0v) is 8.58. The average Bonchev–Trinajstić information content (AvgIpc) is 2.20. The first-order chi connectivity index (χ1) is 6.79. The maximum atomic E-state index is 12.0. The molecule has 14 heavy (non-hydrogen) atoms. The number of methoxy groups -OCH3 is 1. The Balaban J connectivity index is 2.35. The Bertz CT molecular complexity index is 301. The van der Waals surface area contributed by atoms with Gasteiger partial charge in [0.1, 0.15) is 5.78 Å².